The minimum atomic E-state index is -0.551. The van der Waals surface area contributed by atoms with Crippen molar-refractivity contribution in [2.45, 2.75) is 6.42 Å². The Hall–Kier alpha value is -3.55. The summed E-state index contributed by atoms with van der Waals surface area (Å²) in [5.41, 5.74) is 0.727. The van der Waals surface area contributed by atoms with E-state index in [1.165, 1.54) is 17.0 Å². The van der Waals surface area contributed by atoms with Crippen molar-refractivity contribution in [1.29, 1.82) is 0 Å². The first kappa shape index (κ1) is 16.9. The third kappa shape index (κ3) is 3.41. The number of halogens is 1. The van der Waals surface area contributed by atoms with Gasteiger partial charge in [-0.15, -0.1) is 0 Å². The van der Waals surface area contributed by atoms with Crippen molar-refractivity contribution in [3.8, 4) is 5.82 Å². The molecule has 1 saturated heterocycles. The topological polar surface area (TPSA) is 80.1 Å². The van der Waals surface area contributed by atoms with Gasteiger partial charge in [0.25, 0.3) is 0 Å². The van der Waals surface area contributed by atoms with E-state index in [4.69, 9.17) is 0 Å². The van der Waals surface area contributed by atoms with Gasteiger partial charge < -0.3 is 10.2 Å². The molecule has 0 radical (unpaired) electrons. The first-order valence-electron chi connectivity index (χ1n) is 8.42. The van der Waals surface area contributed by atoms with Gasteiger partial charge >= 0.3 is 0 Å². The quantitative estimate of drug-likeness (QED) is 0.770. The fourth-order valence-corrected chi connectivity index (χ4v) is 3.04. The Bertz CT molecular complexity index is 972. The Labute approximate surface area is 154 Å². The molecular weight excluding hydrogens is 349 g/mol. The highest BCUT2D eigenvalue weighted by Gasteiger charge is 2.36. The number of para-hydroxylation sites is 1. The Balaban J connectivity index is 1.43. The summed E-state index contributed by atoms with van der Waals surface area (Å²) >= 11 is 0. The van der Waals surface area contributed by atoms with Gasteiger partial charge in [0.2, 0.25) is 11.8 Å². The van der Waals surface area contributed by atoms with Crippen LogP contribution in [-0.4, -0.2) is 32.9 Å². The van der Waals surface area contributed by atoms with Gasteiger partial charge in [0.1, 0.15) is 18.0 Å². The second-order valence-corrected chi connectivity index (χ2v) is 6.22. The number of pyridine rings is 1. The van der Waals surface area contributed by atoms with Gasteiger partial charge in [-0.2, -0.15) is 0 Å². The summed E-state index contributed by atoms with van der Waals surface area (Å²) in [6.07, 6.45) is 6.62. The summed E-state index contributed by atoms with van der Waals surface area (Å²) < 4.78 is 15.7. The number of rotatable bonds is 4. The van der Waals surface area contributed by atoms with Gasteiger partial charge in [-0.25, -0.2) is 14.4 Å². The van der Waals surface area contributed by atoms with E-state index < -0.39 is 11.7 Å². The lowest BCUT2D eigenvalue weighted by atomic mass is 10.1. The smallest absolute Gasteiger partial charge is 0.229 e. The number of amides is 2. The molecule has 2 amide bonds. The molecule has 1 aromatic carbocycles. The molecule has 0 unspecified atom stereocenters. The minimum Gasteiger partial charge on any atom is -0.324 e. The Morgan fingerprint density at radius 1 is 1.22 bits per heavy atom. The Kier molecular flexibility index (Phi) is 4.37. The molecule has 3 heterocycles. The van der Waals surface area contributed by atoms with Crippen LogP contribution in [0, 0.1) is 11.7 Å². The molecule has 8 heteroatoms. The maximum absolute atomic E-state index is 13.9. The third-order valence-electron chi connectivity index (χ3n) is 4.42. The van der Waals surface area contributed by atoms with E-state index in [0.29, 0.717) is 11.5 Å². The molecular formula is C19H16FN5O2. The number of nitrogens with zero attached hydrogens (tertiary/aromatic N) is 4. The van der Waals surface area contributed by atoms with Crippen LogP contribution in [0.5, 0.6) is 0 Å². The minimum absolute atomic E-state index is 0.0424. The summed E-state index contributed by atoms with van der Waals surface area (Å²) in [4.78, 5) is 34.3. The highest BCUT2D eigenvalue weighted by atomic mass is 19.1. The second-order valence-electron chi connectivity index (χ2n) is 6.22. The maximum atomic E-state index is 13.9. The van der Waals surface area contributed by atoms with Crippen molar-refractivity contribution in [3.05, 3.63) is 67.1 Å². The van der Waals surface area contributed by atoms with E-state index in [1.54, 1.807) is 53.8 Å². The van der Waals surface area contributed by atoms with Crippen LogP contribution in [0.15, 0.2) is 61.3 Å². The van der Waals surface area contributed by atoms with E-state index in [1.807, 2.05) is 0 Å². The molecule has 1 N–H and O–H groups in total. The molecule has 0 saturated carbocycles. The molecule has 1 fully saturated rings. The zero-order valence-corrected chi connectivity index (χ0v) is 14.2. The molecule has 136 valence electrons. The first-order chi connectivity index (χ1) is 13.1. The Morgan fingerprint density at radius 2 is 2.07 bits per heavy atom. The maximum Gasteiger partial charge on any atom is 0.229 e. The number of hydrogen-bond acceptors (Lipinski definition) is 4. The van der Waals surface area contributed by atoms with E-state index in [2.05, 4.69) is 15.3 Å². The van der Waals surface area contributed by atoms with Crippen molar-refractivity contribution >= 4 is 23.2 Å². The van der Waals surface area contributed by atoms with Gasteiger partial charge in [0.05, 0.1) is 23.5 Å². The molecule has 0 bridgehead atoms. The number of hydrogen-bond donors (Lipinski definition) is 1. The number of aromatic nitrogens is 3. The summed E-state index contributed by atoms with van der Waals surface area (Å²) in [5, 5.41) is 2.76. The molecule has 27 heavy (non-hydrogen) atoms. The lowest BCUT2D eigenvalue weighted by Crippen LogP contribution is -2.28. The van der Waals surface area contributed by atoms with Crippen LogP contribution in [0.2, 0.25) is 0 Å². The van der Waals surface area contributed by atoms with E-state index >= 15 is 0 Å². The molecule has 2 aromatic heterocycles. The van der Waals surface area contributed by atoms with Crippen LogP contribution < -0.4 is 10.2 Å². The summed E-state index contributed by atoms with van der Waals surface area (Å²) in [7, 11) is 0. The van der Waals surface area contributed by atoms with Crippen LogP contribution in [-0.2, 0) is 9.59 Å². The average Bonchev–Trinajstić information content (AvgIpc) is 3.33. The largest absolute Gasteiger partial charge is 0.324 e. The van der Waals surface area contributed by atoms with Crippen molar-refractivity contribution in [2.24, 2.45) is 5.92 Å². The van der Waals surface area contributed by atoms with Crippen molar-refractivity contribution in [2.75, 3.05) is 16.8 Å². The van der Waals surface area contributed by atoms with E-state index in [9.17, 15) is 14.0 Å². The fourth-order valence-electron chi connectivity index (χ4n) is 3.04. The molecule has 3 aromatic rings. The lowest BCUT2D eigenvalue weighted by Gasteiger charge is -2.17. The number of imidazole rings is 1. The van der Waals surface area contributed by atoms with E-state index in [0.717, 1.165) is 0 Å². The van der Waals surface area contributed by atoms with Crippen molar-refractivity contribution in [1.82, 2.24) is 14.5 Å². The zero-order valence-electron chi connectivity index (χ0n) is 14.2. The molecule has 0 spiro atoms. The van der Waals surface area contributed by atoms with Crippen LogP contribution >= 0.6 is 0 Å². The number of nitrogens with one attached hydrogen (secondary N) is 1. The predicted molar refractivity (Wildman–Crippen MR) is 96.8 cm³/mol. The van der Waals surface area contributed by atoms with Gasteiger partial charge in [0.15, 0.2) is 0 Å². The predicted octanol–water partition coefficient (Wildman–Crippen LogP) is 2.40. The highest BCUT2D eigenvalue weighted by molar-refractivity contribution is 6.03. The number of benzene rings is 1. The third-order valence-corrected chi connectivity index (χ3v) is 4.42. The van der Waals surface area contributed by atoms with E-state index in [-0.39, 0.29) is 30.5 Å². The van der Waals surface area contributed by atoms with Crippen LogP contribution in [0.3, 0.4) is 0 Å². The van der Waals surface area contributed by atoms with Crippen molar-refractivity contribution in [3.63, 3.8) is 0 Å². The standard InChI is InChI=1S/C19H16FN5O2/c20-15-3-1-2-4-16(15)25-11-13(9-18(25)26)19(27)23-14-5-6-17(22-10-14)24-8-7-21-12-24/h1-8,10,12-13H,9,11H2,(H,23,27)/t13-/m1/s1. The van der Waals surface area contributed by atoms with Crippen LogP contribution in [0.1, 0.15) is 6.42 Å². The Morgan fingerprint density at radius 3 is 2.78 bits per heavy atom. The SMILES string of the molecule is O=C(Nc1ccc(-n2ccnc2)nc1)[C@@H]1CC(=O)N(c2ccccc2F)C1. The van der Waals surface area contributed by atoms with Gasteiger partial charge in [-0.3, -0.25) is 14.2 Å². The van der Waals surface area contributed by atoms with Crippen LogP contribution in [0.25, 0.3) is 5.82 Å². The summed E-state index contributed by atoms with van der Waals surface area (Å²) in [6.45, 7) is 0.145. The highest BCUT2D eigenvalue weighted by Crippen LogP contribution is 2.28. The van der Waals surface area contributed by atoms with Gasteiger partial charge in [0, 0.05) is 25.4 Å². The number of carbonyl (C=O) groups excluding carboxylic acids is 2. The monoisotopic (exact) mass is 365 g/mol. The van der Waals surface area contributed by atoms with Crippen molar-refractivity contribution < 1.29 is 14.0 Å². The average molecular weight is 365 g/mol. The molecule has 1 aliphatic rings. The number of anilines is 2. The van der Waals surface area contributed by atoms with Crippen LogP contribution in [0.4, 0.5) is 15.8 Å². The first-order valence-corrected chi connectivity index (χ1v) is 8.42. The molecule has 7 nitrogen and oxygen atoms in total. The molecule has 1 atom stereocenters. The number of carbonyl (C=O) groups is 2. The summed E-state index contributed by atoms with van der Waals surface area (Å²) in [6, 6.07) is 9.53. The van der Waals surface area contributed by atoms with Gasteiger partial charge in [-0.05, 0) is 24.3 Å². The summed E-state index contributed by atoms with van der Waals surface area (Å²) in [5.74, 6) is -0.919. The molecule has 1 aliphatic heterocycles. The van der Waals surface area contributed by atoms with Gasteiger partial charge in [-0.1, -0.05) is 12.1 Å². The lowest BCUT2D eigenvalue weighted by molar-refractivity contribution is -0.122. The second kappa shape index (κ2) is 6.99. The fraction of sp³-hybridized carbons (Fsp3) is 0.158. The zero-order chi connectivity index (χ0) is 18.8. The normalized spacial score (nSPS) is 16.6. The molecule has 0 aliphatic carbocycles. The molecule has 4 rings (SSSR count).